The number of aromatic amines is 1. The first-order valence-corrected chi connectivity index (χ1v) is 9.08. The van der Waals surface area contributed by atoms with Crippen LogP contribution in [-0.2, 0) is 0 Å². The van der Waals surface area contributed by atoms with Gasteiger partial charge >= 0.3 is 0 Å². The van der Waals surface area contributed by atoms with Gasteiger partial charge < -0.3 is 5.32 Å². The van der Waals surface area contributed by atoms with E-state index in [0.29, 0.717) is 27.4 Å². The zero-order chi connectivity index (χ0) is 20.8. The minimum Gasteiger partial charge on any atom is -0.318 e. The predicted molar refractivity (Wildman–Crippen MR) is 107 cm³/mol. The predicted octanol–water partition coefficient (Wildman–Crippen LogP) is 2.68. The number of nitrogens with one attached hydrogen (secondary N) is 2. The number of tetrazole rings is 1. The lowest BCUT2D eigenvalue weighted by molar-refractivity contribution is -0.384. The van der Waals surface area contributed by atoms with Crippen LogP contribution in [0.1, 0.15) is 17.2 Å². The maximum atomic E-state index is 12.6. The van der Waals surface area contributed by atoms with Crippen LogP contribution in [0.3, 0.4) is 0 Å². The summed E-state index contributed by atoms with van der Waals surface area (Å²) in [4.78, 5) is 23.4. The van der Waals surface area contributed by atoms with Crippen molar-refractivity contribution in [2.24, 2.45) is 0 Å². The van der Waals surface area contributed by atoms with E-state index in [1.165, 1.54) is 16.8 Å². The van der Waals surface area contributed by atoms with Crippen molar-refractivity contribution in [2.75, 3.05) is 5.32 Å². The number of anilines is 2. The van der Waals surface area contributed by atoms with E-state index in [1.54, 1.807) is 36.4 Å². The van der Waals surface area contributed by atoms with Crippen LogP contribution in [0.2, 0.25) is 5.02 Å². The van der Waals surface area contributed by atoms with Crippen LogP contribution in [0.5, 0.6) is 0 Å². The SMILES string of the molecule is O=c1[nH]nc(-c2ccc(Cl)cc2)c2c1Nc1nnnn1C2c1cccc([N+](=O)[O-])c1. The average Bonchev–Trinajstić information content (AvgIpc) is 3.22. The average molecular weight is 423 g/mol. The standard InChI is InChI=1S/C18H11ClN8O3/c19-11-6-4-9(5-7-11)14-13-15(17(28)22-21-14)20-18-23-24-25-26(18)16(13)10-2-1-3-12(8-10)27(29)30/h1-8,16H,(H,22,28)(H,20,23,25). The molecule has 1 unspecified atom stereocenters. The summed E-state index contributed by atoms with van der Waals surface area (Å²) in [5.74, 6) is 0.234. The molecule has 1 aliphatic heterocycles. The van der Waals surface area contributed by atoms with Gasteiger partial charge in [-0.1, -0.05) is 41.0 Å². The summed E-state index contributed by atoms with van der Waals surface area (Å²) in [5, 5.41) is 33.1. The third-order valence-corrected chi connectivity index (χ3v) is 5.03. The van der Waals surface area contributed by atoms with Gasteiger partial charge in [0.05, 0.1) is 10.6 Å². The number of benzene rings is 2. The van der Waals surface area contributed by atoms with Crippen molar-refractivity contribution >= 4 is 28.9 Å². The highest BCUT2D eigenvalue weighted by Gasteiger charge is 2.34. The lowest BCUT2D eigenvalue weighted by atomic mass is 9.92. The fraction of sp³-hybridized carbons (Fsp3) is 0.0556. The summed E-state index contributed by atoms with van der Waals surface area (Å²) in [6, 6.07) is 12.3. The van der Waals surface area contributed by atoms with Gasteiger partial charge in [0.2, 0.25) is 5.95 Å². The molecule has 0 bridgehead atoms. The third kappa shape index (κ3) is 2.79. The van der Waals surface area contributed by atoms with Gasteiger partial charge in [-0.15, -0.1) is 0 Å². The van der Waals surface area contributed by atoms with Gasteiger partial charge in [0.15, 0.2) is 0 Å². The summed E-state index contributed by atoms with van der Waals surface area (Å²) in [6.45, 7) is 0. The summed E-state index contributed by atoms with van der Waals surface area (Å²) in [6.07, 6.45) is 0. The first kappa shape index (κ1) is 17.9. The van der Waals surface area contributed by atoms with E-state index in [0.717, 1.165) is 0 Å². The molecule has 3 heterocycles. The lowest BCUT2D eigenvalue weighted by Crippen LogP contribution is -2.29. The number of nitro groups is 1. The summed E-state index contributed by atoms with van der Waals surface area (Å²) in [7, 11) is 0. The Balaban J connectivity index is 1.81. The van der Waals surface area contributed by atoms with Gasteiger partial charge in [0.25, 0.3) is 11.2 Å². The molecule has 12 heteroatoms. The second kappa shape index (κ2) is 6.74. The van der Waals surface area contributed by atoms with Crippen LogP contribution in [0, 0.1) is 10.1 Å². The van der Waals surface area contributed by atoms with E-state index in [-0.39, 0.29) is 17.3 Å². The minimum absolute atomic E-state index is 0.0898. The Bertz CT molecular complexity index is 1350. The topological polar surface area (TPSA) is 145 Å². The molecule has 11 nitrogen and oxygen atoms in total. The Morgan fingerprint density at radius 2 is 1.97 bits per heavy atom. The zero-order valence-corrected chi connectivity index (χ0v) is 15.7. The summed E-state index contributed by atoms with van der Waals surface area (Å²) < 4.78 is 1.46. The quantitative estimate of drug-likeness (QED) is 0.333. The van der Waals surface area contributed by atoms with Gasteiger partial charge in [-0.2, -0.15) is 9.78 Å². The van der Waals surface area contributed by atoms with E-state index < -0.39 is 16.5 Å². The number of rotatable bonds is 3. The molecule has 0 saturated heterocycles. The number of hydrogen-bond donors (Lipinski definition) is 2. The van der Waals surface area contributed by atoms with Crippen LogP contribution in [-0.4, -0.2) is 35.3 Å². The number of fused-ring (bicyclic) bond motifs is 2. The molecular weight excluding hydrogens is 412 g/mol. The molecule has 5 rings (SSSR count). The van der Waals surface area contributed by atoms with Gasteiger partial charge in [-0.25, -0.2) is 5.10 Å². The van der Waals surface area contributed by atoms with Gasteiger partial charge in [0, 0.05) is 28.3 Å². The molecule has 2 aromatic carbocycles. The molecule has 0 fully saturated rings. The van der Waals surface area contributed by atoms with Crippen LogP contribution >= 0.6 is 11.6 Å². The summed E-state index contributed by atoms with van der Waals surface area (Å²) >= 11 is 6.01. The van der Waals surface area contributed by atoms with Crippen LogP contribution in [0.15, 0.2) is 53.3 Å². The molecule has 1 atom stereocenters. The zero-order valence-electron chi connectivity index (χ0n) is 15.0. The molecular formula is C18H11ClN8O3. The molecule has 148 valence electrons. The van der Waals surface area contributed by atoms with Crippen LogP contribution < -0.4 is 10.9 Å². The number of non-ortho nitro benzene ring substituents is 1. The van der Waals surface area contributed by atoms with Crippen molar-refractivity contribution in [2.45, 2.75) is 6.04 Å². The third-order valence-electron chi connectivity index (χ3n) is 4.78. The highest BCUT2D eigenvalue weighted by atomic mass is 35.5. The van der Waals surface area contributed by atoms with Crippen molar-refractivity contribution in [3.05, 3.63) is 85.1 Å². The number of nitro benzene ring substituents is 1. The fourth-order valence-electron chi connectivity index (χ4n) is 3.48. The molecule has 0 aliphatic carbocycles. The largest absolute Gasteiger partial charge is 0.318 e. The monoisotopic (exact) mass is 422 g/mol. The van der Waals surface area contributed by atoms with Gasteiger partial charge in [-0.05, 0) is 28.1 Å². The normalized spacial score (nSPS) is 14.5. The first-order chi connectivity index (χ1) is 14.5. The number of aromatic nitrogens is 6. The smallest absolute Gasteiger partial charge is 0.288 e. The van der Waals surface area contributed by atoms with E-state index in [9.17, 15) is 14.9 Å². The van der Waals surface area contributed by atoms with Gasteiger partial charge in [-0.3, -0.25) is 14.9 Å². The number of nitrogens with zero attached hydrogens (tertiary/aromatic N) is 6. The number of H-pyrrole nitrogens is 1. The Labute approximate surface area is 172 Å². The Kier molecular flexibility index (Phi) is 4.03. The van der Waals surface area contributed by atoms with E-state index in [4.69, 9.17) is 11.6 Å². The Hall–Kier alpha value is -4.12. The number of halogens is 1. The van der Waals surface area contributed by atoms with Crippen LogP contribution in [0.4, 0.5) is 17.3 Å². The van der Waals surface area contributed by atoms with Crippen molar-refractivity contribution in [1.29, 1.82) is 0 Å². The first-order valence-electron chi connectivity index (χ1n) is 8.70. The van der Waals surface area contributed by atoms with E-state index in [1.807, 2.05) is 0 Å². The molecule has 1 aliphatic rings. The molecule has 30 heavy (non-hydrogen) atoms. The molecule has 0 spiro atoms. The molecule has 2 N–H and O–H groups in total. The van der Waals surface area contributed by atoms with Crippen molar-refractivity contribution in [3.8, 4) is 11.3 Å². The molecule has 0 radical (unpaired) electrons. The fourth-order valence-corrected chi connectivity index (χ4v) is 3.61. The Morgan fingerprint density at radius 1 is 1.17 bits per heavy atom. The number of hydrogen-bond acceptors (Lipinski definition) is 8. The van der Waals surface area contributed by atoms with Crippen molar-refractivity contribution in [1.82, 2.24) is 30.4 Å². The van der Waals surface area contributed by atoms with E-state index >= 15 is 0 Å². The van der Waals surface area contributed by atoms with Gasteiger partial charge in [0.1, 0.15) is 11.7 Å². The summed E-state index contributed by atoms with van der Waals surface area (Å²) in [5.41, 5.74) is 1.84. The minimum atomic E-state index is -0.716. The molecule has 0 saturated carbocycles. The highest BCUT2D eigenvalue weighted by Crippen LogP contribution is 2.41. The molecule has 2 aromatic heterocycles. The maximum Gasteiger partial charge on any atom is 0.288 e. The lowest BCUT2D eigenvalue weighted by Gasteiger charge is -2.27. The van der Waals surface area contributed by atoms with Crippen molar-refractivity contribution in [3.63, 3.8) is 0 Å². The Morgan fingerprint density at radius 3 is 2.73 bits per heavy atom. The maximum absolute atomic E-state index is 12.6. The second-order valence-electron chi connectivity index (χ2n) is 6.52. The molecule has 0 amide bonds. The molecule has 4 aromatic rings. The van der Waals surface area contributed by atoms with Crippen LogP contribution in [0.25, 0.3) is 11.3 Å². The second-order valence-corrected chi connectivity index (χ2v) is 6.96. The van der Waals surface area contributed by atoms with E-state index in [2.05, 4.69) is 31.0 Å². The highest BCUT2D eigenvalue weighted by molar-refractivity contribution is 6.30. The van der Waals surface area contributed by atoms with Crippen molar-refractivity contribution < 1.29 is 4.92 Å².